The molecule has 110 valence electrons. The number of hydrogen-bond acceptors (Lipinski definition) is 2. The monoisotopic (exact) mass is 343 g/mol. The highest BCUT2D eigenvalue weighted by Crippen LogP contribution is 2.17. The highest BCUT2D eigenvalue weighted by molar-refractivity contribution is 9.10. The minimum Gasteiger partial charge on any atom is -0.444 e. The molecule has 0 radical (unpaired) electrons. The summed E-state index contributed by atoms with van der Waals surface area (Å²) in [6, 6.07) is 4.80. The molecule has 0 saturated carbocycles. The highest BCUT2D eigenvalue weighted by atomic mass is 79.9. The normalized spacial score (nSPS) is 11.7. The van der Waals surface area contributed by atoms with Gasteiger partial charge in [0.1, 0.15) is 11.4 Å². The average Bonchev–Trinajstić information content (AvgIpc) is 2.31. The van der Waals surface area contributed by atoms with Crippen LogP contribution in [0.3, 0.4) is 0 Å². The molecule has 0 unspecified atom stereocenters. The van der Waals surface area contributed by atoms with Gasteiger partial charge in [-0.25, -0.2) is 9.18 Å². The van der Waals surface area contributed by atoms with Gasteiger partial charge < -0.3 is 10.1 Å². The molecule has 0 aliphatic rings. The third-order valence-electron chi connectivity index (χ3n) is 2.23. The molecule has 0 fully saturated rings. The van der Waals surface area contributed by atoms with E-state index in [0.29, 0.717) is 17.4 Å². The van der Waals surface area contributed by atoms with Gasteiger partial charge in [-0.1, -0.05) is 18.2 Å². The van der Waals surface area contributed by atoms with Crippen molar-refractivity contribution in [3.8, 4) is 0 Å². The van der Waals surface area contributed by atoms with Crippen molar-refractivity contribution in [3.05, 3.63) is 40.1 Å². The van der Waals surface area contributed by atoms with Gasteiger partial charge in [-0.15, -0.1) is 0 Å². The molecule has 0 spiro atoms. The van der Waals surface area contributed by atoms with Gasteiger partial charge in [0.05, 0.1) is 4.47 Å². The SMILES string of the molecule is CC(C)(C)OC(=O)NCCC=Cc1ccc(F)c(Br)c1. The average molecular weight is 344 g/mol. The Morgan fingerprint density at radius 3 is 2.75 bits per heavy atom. The second-order valence-electron chi connectivity index (χ2n) is 5.29. The molecule has 0 aromatic heterocycles. The Bertz CT molecular complexity index is 495. The first-order valence-corrected chi connectivity index (χ1v) is 7.16. The van der Waals surface area contributed by atoms with Gasteiger partial charge in [-0.2, -0.15) is 0 Å². The van der Waals surface area contributed by atoms with Crippen LogP contribution >= 0.6 is 15.9 Å². The predicted molar refractivity (Wildman–Crippen MR) is 82.0 cm³/mol. The van der Waals surface area contributed by atoms with E-state index in [1.165, 1.54) is 6.07 Å². The lowest BCUT2D eigenvalue weighted by Gasteiger charge is -2.19. The number of carbonyl (C=O) groups excluding carboxylic acids is 1. The number of benzene rings is 1. The molecule has 1 aromatic carbocycles. The highest BCUT2D eigenvalue weighted by Gasteiger charge is 2.15. The Morgan fingerprint density at radius 2 is 2.15 bits per heavy atom. The maximum absolute atomic E-state index is 13.0. The summed E-state index contributed by atoms with van der Waals surface area (Å²) in [5.41, 5.74) is 0.413. The molecular weight excluding hydrogens is 325 g/mol. The topological polar surface area (TPSA) is 38.3 Å². The Kier molecular flexibility index (Phi) is 6.20. The van der Waals surface area contributed by atoms with Crippen LogP contribution in [0.4, 0.5) is 9.18 Å². The molecule has 1 aromatic rings. The summed E-state index contributed by atoms with van der Waals surface area (Å²) in [5, 5.41) is 2.66. The lowest BCUT2D eigenvalue weighted by Crippen LogP contribution is -2.32. The smallest absolute Gasteiger partial charge is 0.407 e. The van der Waals surface area contributed by atoms with Crippen LogP contribution in [0, 0.1) is 5.82 Å². The lowest BCUT2D eigenvalue weighted by atomic mass is 10.2. The quantitative estimate of drug-likeness (QED) is 0.816. The third kappa shape index (κ3) is 6.70. The fourth-order valence-corrected chi connectivity index (χ4v) is 1.80. The zero-order valence-corrected chi connectivity index (χ0v) is 13.5. The largest absolute Gasteiger partial charge is 0.444 e. The van der Waals surface area contributed by atoms with Crippen molar-refractivity contribution in [2.75, 3.05) is 6.54 Å². The number of rotatable bonds is 4. The van der Waals surface area contributed by atoms with Crippen molar-refractivity contribution in [2.45, 2.75) is 32.8 Å². The van der Waals surface area contributed by atoms with Gasteiger partial charge in [-0.3, -0.25) is 0 Å². The van der Waals surface area contributed by atoms with Crippen LogP contribution < -0.4 is 5.32 Å². The number of halogens is 2. The number of ether oxygens (including phenoxy) is 1. The molecule has 0 aliphatic carbocycles. The number of hydrogen-bond donors (Lipinski definition) is 1. The van der Waals surface area contributed by atoms with Crippen molar-refractivity contribution >= 4 is 28.1 Å². The second kappa shape index (κ2) is 7.43. The molecule has 1 N–H and O–H groups in total. The maximum Gasteiger partial charge on any atom is 0.407 e. The van der Waals surface area contributed by atoms with Gasteiger partial charge in [0.2, 0.25) is 0 Å². The van der Waals surface area contributed by atoms with Crippen molar-refractivity contribution in [1.82, 2.24) is 5.32 Å². The summed E-state index contributed by atoms with van der Waals surface area (Å²) in [6.07, 6.45) is 4.04. The van der Waals surface area contributed by atoms with Crippen molar-refractivity contribution in [1.29, 1.82) is 0 Å². The van der Waals surface area contributed by atoms with Crippen LogP contribution in [-0.2, 0) is 4.74 Å². The van der Waals surface area contributed by atoms with Gasteiger partial charge >= 0.3 is 6.09 Å². The minimum absolute atomic E-state index is 0.284. The summed E-state index contributed by atoms with van der Waals surface area (Å²) in [7, 11) is 0. The molecule has 0 atom stereocenters. The molecule has 20 heavy (non-hydrogen) atoms. The van der Waals surface area contributed by atoms with Crippen molar-refractivity contribution < 1.29 is 13.9 Å². The van der Waals surface area contributed by atoms with Gasteiger partial charge in [0.25, 0.3) is 0 Å². The van der Waals surface area contributed by atoms with E-state index in [1.807, 2.05) is 32.9 Å². The van der Waals surface area contributed by atoms with Gasteiger partial charge in [0.15, 0.2) is 0 Å². The summed E-state index contributed by atoms with van der Waals surface area (Å²) < 4.78 is 18.6. The van der Waals surface area contributed by atoms with Gasteiger partial charge in [0, 0.05) is 6.54 Å². The molecule has 0 aliphatic heterocycles. The van der Waals surface area contributed by atoms with Crippen LogP contribution in [0.25, 0.3) is 6.08 Å². The van der Waals surface area contributed by atoms with E-state index in [0.717, 1.165) is 5.56 Å². The first-order chi connectivity index (χ1) is 9.28. The van der Waals surface area contributed by atoms with E-state index in [4.69, 9.17) is 4.74 Å². The van der Waals surface area contributed by atoms with Crippen LogP contribution in [0.2, 0.25) is 0 Å². The molecule has 3 nitrogen and oxygen atoms in total. The Hall–Kier alpha value is -1.36. The Morgan fingerprint density at radius 1 is 1.45 bits per heavy atom. The van der Waals surface area contributed by atoms with E-state index in [2.05, 4.69) is 21.2 Å². The number of amides is 1. The van der Waals surface area contributed by atoms with Crippen molar-refractivity contribution in [2.24, 2.45) is 0 Å². The molecule has 5 heteroatoms. The maximum atomic E-state index is 13.0. The van der Waals surface area contributed by atoms with Crippen LogP contribution in [0.5, 0.6) is 0 Å². The molecule has 0 bridgehead atoms. The first-order valence-electron chi connectivity index (χ1n) is 6.36. The van der Waals surface area contributed by atoms with E-state index in [-0.39, 0.29) is 5.82 Å². The second-order valence-corrected chi connectivity index (χ2v) is 6.15. The van der Waals surface area contributed by atoms with E-state index < -0.39 is 11.7 Å². The zero-order chi connectivity index (χ0) is 15.2. The lowest BCUT2D eigenvalue weighted by molar-refractivity contribution is 0.0529. The Labute approximate surface area is 127 Å². The van der Waals surface area contributed by atoms with Gasteiger partial charge in [-0.05, 0) is 60.8 Å². The summed E-state index contributed by atoms with van der Waals surface area (Å²) in [4.78, 5) is 11.4. The molecule has 1 rings (SSSR count). The van der Waals surface area contributed by atoms with Crippen molar-refractivity contribution in [3.63, 3.8) is 0 Å². The number of alkyl carbamates (subject to hydrolysis) is 1. The fourth-order valence-electron chi connectivity index (χ4n) is 1.41. The van der Waals surface area contributed by atoms with Crippen LogP contribution in [-0.4, -0.2) is 18.2 Å². The molecule has 1 amide bonds. The number of carbonyl (C=O) groups is 1. The molecule has 0 saturated heterocycles. The summed E-state index contributed by atoms with van der Waals surface area (Å²) >= 11 is 3.13. The van der Waals surface area contributed by atoms with Crippen LogP contribution in [0.15, 0.2) is 28.7 Å². The standard InChI is InChI=1S/C15H19BrFNO2/c1-15(2,3)20-14(19)18-9-5-4-6-11-7-8-13(17)12(16)10-11/h4,6-8,10H,5,9H2,1-3H3,(H,18,19). The molecular formula is C15H19BrFNO2. The van der Waals surface area contributed by atoms with E-state index in [1.54, 1.807) is 12.1 Å². The summed E-state index contributed by atoms with van der Waals surface area (Å²) in [5.74, 6) is -0.284. The van der Waals surface area contributed by atoms with E-state index in [9.17, 15) is 9.18 Å². The zero-order valence-electron chi connectivity index (χ0n) is 11.9. The van der Waals surface area contributed by atoms with Crippen LogP contribution in [0.1, 0.15) is 32.8 Å². The fraction of sp³-hybridized carbons (Fsp3) is 0.400. The Balaban J connectivity index is 2.32. The first kappa shape index (κ1) is 16.7. The minimum atomic E-state index is -0.486. The third-order valence-corrected chi connectivity index (χ3v) is 2.84. The number of nitrogens with one attached hydrogen (secondary N) is 1. The predicted octanol–water partition coefficient (Wildman–Crippen LogP) is 4.52. The van der Waals surface area contributed by atoms with E-state index >= 15 is 0 Å². The molecule has 0 heterocycles. The summed E-state index contributed by atoms with van der Waals surface area (Å²) in [6.45, 7) is 5.95.